The lowest BCUT2D eigenvalue weighted by Gasteiger charge is -2.09. The van der Waals surface area contributed by atoms with Gasteiger partial charge in [-0.2, -0.15) is 0 Å². The van der Waals surface area contributed by atoms with Gasteiger partial charge in [-0.3, -0.25) is 14.9 Å². The number of ether oxygens (including phenoxy) is 1. The van der Waals surface area contributed by atoms with Crippen LogP contribution in [0, 0.1) is 10.1 Å². The number of non-ortho nitro benzene ring substituents is 1. The predicted octanol–water partition coefficient (Wildman–Crippen LogP) is 3.01. The fourth-order valence-electron chi connectivity index (χ4n) is 1.70. The number of carbonyl (C=O) groups is 1. The van der Waals surface area contributed by atoms with E-state index >= 15 is 0 Å². The standard InChI is InChI=1S/C14H11NO5/c16-14(17)8-10-4-1-2-7-13(10)20-12-6-3-5-11(9-12)15(18)19/h1-7,9H,8H2,(H,16,17). The Bertz CT molecular complexity index is 654. The van der Waals surface area contributed by atoms with E-state index in [1.807, 2.05) is 0 Å². The topological polar surface area (TPSA) is 89.7 Å². The van der Waals surface area contributed by atoms with Crippen LogP contribution in [0.4, 0.5) is 5.69 Å². The van der Waals surface area contributed by atoms with Crippen molar-refractivity contribution in [3.8, 4) is 11.5 Å². The number of hydrogen-bond acceptors (Lipinski definition) is 4. The van der Waals surface area contributed by atoms with Crippen molar-refractivity contribution in [2.45, 2.75) is 6.42 Å². The highest BCUT2D eigenvalue weighted by atomic mass is 16.6. The van der Waals surface area contributed by atoms with E-state index in [-0.39, 0.29) is 17.9 Å². The van der Waals surface area contributed by atoms with Crippen molar-refractivity contribution in [1.82, 2.24) is 0 Å². The van der Waals surface area contributed by atoms with Crippen molar-refractivity contribution in [2.75, 3.05) is 0 Å². The van der Waals surface area contributed by atoms with Gasteiger partial charge < -0.3 is 9.84 Å². The first kappa shape index (κ1) is 13.5. The van der Waals surface area contributed by atoms with E-state index in [0.29, 0.717) is 11.3 Å². The fraction of sp³-hybridized carbons (Fsp3) is 0.0714. The van der Waals surface area contributed by atoms with Crippen molar-refractivity contribution in [1.29, 1.82) is 0 Å². The molecule has 0 spiro atoms. The average molecular weight is 273 g/mol. The number of hydrogen-bond donors (Lipinski definition) is 1. The van der Waals surface area contributed by atoms with E-state index < -0.39 is 10.9 Å². The monoisotopic (exact) mass is 273 g/mol. The molecule has 2 aromatic carbocycles. The van der Waals surface area contributed by atoms with Gasteiger partial charge in [0.05, 0.1) is 17.4 Å². The number of nitrogens with zero attached hydrogens (tertiary/aromatic N) is 1. The summed E-state index contributed by atoms with van der Waals surface area (Å²) < 4.78 is 5.53. The van der Waals surface area contributed by atoms with Crippen molar-refractivity contribution in [3.63, 3.8) is 0 Å². The first-order valence-corrected chi connectivity index (χ1v) is 5.78. The molecule has 0 aromatic heterocycles. The molecule has 0 aliphatic heterocycles. The summed E-state index contributed by atoms with van der Waals surface area (Å²) in [7, 11) is 0. The molecule has 0 fully saturated rings. The van der Waals surface area contributed by atoms with Gasteiger partial charge in [-0.15, -0.1) is 0 Å². The van der Waals surface area contributed by atoms with E-state index in [9.17, 15) is 14.9 Å². The van der Waals surface area contributed by atoms with Crippen LogP contribution >= 0.6 is 0 Å². The van der Waals surface area contributed by atoms with Crippen molar-refractivity contribution < 1.29 is 19.6 Å². The zero-order valence-corrected chi connectivity index (χ0v) is 10.4. The van der Waals surface area contributed by atoms with E-state index in [2.05, 4.69) is 0 Å². The summed E-state index contributed by atoms with van der Waals surface area (Å²) in [4.78, 5) is 20.9. The molecule has 2 aromatic rings. The minimum atomic E-state index is -0.972. The summed E-state index contributed by atoms with van der Waals surface area (Å²) in [6.45, 7) is 0. The number of carboxylic acid groups (broad SMARTS) is 1. The zero-order valence-electron chi connectivity index (χ0n) is 10.4. The molecule has 6 heteroatoms. The number of carboxylic acids is 1. The van der Waals surface area contributed by atoms with E-state index in [1.165, 1.54) is 18.2 Å². The number of aliphatic carboxylic acids is 1. The van der Waals surface area contributed by atoms with Crippen LogP contribution in [0.5, 0.6) is 11.5 Å². The second kappa shape index (κ2) is 5.83. The summed E-state index contributed by atoms with van der Waals surface area (Å²) in [5.41, 5.74) is 0.421. The second-order valence-electron chi connectivity index (χ2n) is 4.03. The van der Waals surface area contributed by atoms with E-state index in [4.69, 9.17) is 9.84 Å². The van der Waals surface area contributed by atoms with Gasteiger partial charge in [0.2, 0.25) is 0 Å². The smallest absolute Gasteiger partial charge is 0.307 e. The maximum absolute atomic E-state index is 10.8. The highest BCUT2D eigenvalue weighted by Gasteiger charge is 2.10. The van der Waals surface area contributed by atoms with Gasteiger partial charge in [0.15, 0.2) is 0 Å². The summed E-state index contributed by atoms with van der Waals surface area (Å²) in [5.74, 6) is -0.312. The molecule has 102 valence electrons. The molecule has 0 radical (unpaired) electrons. The highest BCUT2D eigenvalue weighted by Crippen LogP contribution is 2.28. The quantitative estimate of drug-likeness (QED) is 0.668. The van der Waals surface area contributed by atoms with Crippen LogP contribution < -0.4 is 4.74 Å². The Kier molecular flexibility index (Phi) is 3.95. The molecule has 0 saturated carbocycles. The zero-order chi connectivity index (χ0) is 14.5. The molecule has 1 N–H and O–H groups in total. The Hall–Kier alpha value is -2.89. The van der Waals surface area contributed by atoms with Gasteiger partial charge in [-0.25, -0.2) is 0 Å². The first-order valence-electron chi connectivity index (χ1n) is 5.78. The number of nitro groups is 1. The normalized spacial score (nSPS) is 10.0. The summed E-state index contributed by atoms with van der Waals surface area (Å²) >= 11 is 0. The predicted molar refractivity (Wildman–Crippen MR) is 71.0 cm³/mol. The number of para-hydroxylation sites is 1. The number of benzene rings is 2. The Morgan fingerprint density at radius 1 is 1.20 bits per heavy atom. The third kappa shape index (κ3) is 3.32. The van der Waals surface area contributed by atoms with Crippen LogP contribution in [0.25, 0.3) is 0 Å². The third-order valence-corrected chi connectivity index (χ3v) is 2.57. The molecular weight excluding hydrogens is 262 g/mol. The first-order chi connectivity index (χ1) is 9.56. The van der Waals surface area contributed by atoms with E-state index in [1.54, 1.807) is 30.3 Å². The Balaban J connectivity index is 2.28. The maximum atomic E-state index is 10.8. The summed E-state index contributed by atoms with van der Waals surface area (Å²) in [5, 5.41) is 19.5. The maximum Gasteiger partial charge on any atom is 0.307 e. The third-order valence-electron chi connectivity index (χ3n) is 2.57. The van der Waals surface area contributed by atoms with E-state index in [0.717, 1.165) is 0 Å². The Labute approximate surface area is 114 Å². The van der Waals surface area contributed by atoms with Crippen LogP contribution in [0.3, 0.4) is 0 Å². The molecule has 6 nitrogen and oxygen atoms in total. The van der Waals surface area contributed by atoms with Crippen LogP contribution in [-0.4, -0.2) is 16.0 Å². The second-order valence-corrected chi connectivity index (χ2v) is 4.03. The van der Waals surface area contributed by atoms with Gasteiger partial charge >= 0.3 is 5.97 Å². The molecule has 0 unspecified atom stereocenters. The molecule has 0 atom stereocenters. The van der Waals surface area contributed by atoms with Gasteiger partial charge in [0.25, 0.3) is 5.69 Å². The van der Waals surface area contributed by atoms with Gasteiger partial charge in [0, 0.05) is 11.6 Å². The molecule has 0 aliphatic rings. The SMILES string of the molecule is O=C(O)Cc1ccccc1Oc1cccc([N+](=O)[O-])c1. The molecule has 0 heterocycles. The van der Waals surface area contributed by atoms with Crippen molar-refractivity contribution in [2.24, 2.45) is 0 Å². The summed E-state index contributed by atoms with van der Waals surface area (Å²) in [6.07, 6.45) is -0.175. The van der Waals surface area contributed by atoms with Crippen LogP contribution in [-0.2, 0) is 11.2 Å². The molecule has 0 saturated heterocycles. The Morgan fingerprint density at radius 3 is 2.65 bits per heavy atom. The lowest BCUT2D eigenvalue weighted by molar-refractivity contribution is -0.384. The lowest BCUT2D eigenvalue weighted by atomic mass is 10.1. The summed E-state index contributed by atoms with van der Waals surface area (Å²) in [6, 6.07) is 12.4. The molecular formula is C14H11NO5. The minimum absolute atomic E-state index is 0.0850. The van der Waals surface area contributed by atoms with Gasteiger partial charge in [0.1, 0.15) is 11.5 Å². The molecule has 0 aliphatic carbocycles. The van der Waals surface area contributed by atoms with Crippen LogP contribution in [0.1, 0.15) is 5.56 Å². The van der Waals surface area contributed by atoms with Crippen LogP contribution in [0.15, 0.2) is 48.5 Å². The average Bonchev–Trinajstić information content (AvgIpc) is 2.41. The van der Waals surface area contributed by atoms with Gasteiger partial charge in [-0.05, 0) is 12.1 Å². The fourth-order valence-corrected chi connectivity index (χ4v) is 1.70. The molecule has 20 heavy (non-hydrogen) atoms. The molecule has 0 bridgehead atoms. The number of rotatable bonds is 5. The number of nitro benzene ring substituents is 1. The van der Waals surface area contributed by atoms with Crippen molar-refractivity contribution >= 4 is 11.7 Å². The molecule has 0 amide bonds. The highest BCUT2D eigenvalue weighted by molar-refractivity contribution is 5.71. The lowest BCUT2D eigenvalue weighted by Crippen LogP contribution is -2.01. The van der Waals surface area contributed by atoms with Gasteiger partial charge in [-0.1, -0.05) is 24.3 Å². The largest absolute Gasteiger partial charge is 0.481 e. The Morgan fingerprint density at radius 2 is 1.95 bits per heavy atom. The van der Waals surface area contributed by atoms with Crippen LogP contribution in [0.2, 0.25) is 0 Å². The molecule has 2 rings (SSSR count). The minimum Gasteiger partial charge on any atom is -0.481 e. The van der Waals surface area contributed by atoms with Crippen molar-refractivity contribution in [3.05, 3.63) is 64.2 Å².